The molecule has 67 heavy (non-hydrogen) atoms. The zero-order valence-electron chi connectivity index (χ0n) is 36.4. The number of ether oxygens (including phenoxy) is 2. The maximum atomic E-state index is 13.4. The minimum absolute atomic E-state index is 0.00214. The molecule has 1 unspecified atom stereocenters. The van der Waals surface area contributed by atoms with Crippen LogP contribution in [0.5, 0.6) is 5.88 Å². The number of hydrogen-bond donors (Lipinski definition) is 3. The second-order valence-electron chi connectivity index (χ2n) is 16.3. The molecule has 6 amide bonds. The van der Waals surface area contributed by atoms with E-state index in [9.17, 15) is 41.9 Å². The van der Waals surface area contributed by atoms with Crippen molar-refractivity contribution in [2.45, 2.75) is 70.6 Å². The number of imide groups is 2. The van der Waals surface area contributed by atoms with Gasteiger partial charge in [0.1, 0.15) is 11.7 Å². The normalized spacial score (nSPS) is 16.2. The Morgan fingerprint density at radius 1 is 0.925 bits per heavy atom. The lowest BCUT2D eigenvalue weighted by Crippen LogP contribution is -2.54. The first-order valence-corrected chi connectivity index (χ1v) is 21.8. The average Bonchev–Trinajstić information content (AvgIpc) is 3.87. The molecular formula is C47H46F3N9O8. The van der Waals surface area contributed by atoms with Crippen LogP contribution in [0.1, 0.15) is 86.4 Å². The van der Waals surface area contributed by atoms with Crippen LogP contribution in [-0.4, -0.2) is 99.3 Å². The first kappa shape index (κ1) is 46.1. The molecule has 3 aromatic carbocycles. The predicted octanol–water partition coefficient (Wildman–Crippen LogP) is 5.98. The average molecular weight is 922 g/mol. The number of benzene rings is 3. The van der Waals surface area contributed by atoms with Crippen molar-refractivity contribution in [3.05, 3.63) is 113 Å². The molecule has 2 fully saturated rings. The Hall–Kier alpha value is -7.48. The number of alkyl halides is 3. The summed E-state index contributed by atoms with van der Waals surface area (Å²) in [6.07, 6.45) is 1.54. The Morgan fingerprint density at radius 2 is 1.73 bits per heavy atom. The van der Waals surface area contributed by atoms with E-state index in [1.54, 1.807) is 29.1 Å². The number of unbranched alkanes of at least 4 members (excludes halogenated alkanes) is 2. The van der Waals surface area contributed by atoms with Crippen molar-refractivity contribution < 1.29 is 51.4 Å². The van der Waals surface area contributed by atoms with Gasteiger partial charge < -0.3 is 25.0 Å². The van der Waals surface area contributed by atoms with Crippen LogP contribution in [0, 0.1) is 6.92 Å². The number of anilines is 3. The molecule has 3 N–H and O–H groups in total. The molecule has 0 radical (unpaired) electrons. The number of carbonyl (C=O) groups excluding carboxylic acids is 6. The number of nitrogens with zero attached hydrogens (tertiary/aromatic N) is 6. The van der Waals surface area contributed by atoms with Crippen LogP contribution < -0.4 is 25.6 Å². The number of fused-ring (bicyclic) bond motifs is 1. The topological polar surface area (TPSA) is 207 Å². The number of aromatic nitrogens is 4. The molecule has 0 bridgehead atoms. The van der Waals surface area contributed by atoms with Gasteiger partial charge in [0.05, 0.1) is 47.9 Å². The number of piperidine rings is 1. The first-order chi connectivity index (χ1) is 32.2. The molecule has 0 aliphatic carbocycles. The van der Waals surface area contributed by atoms with Crippen LogP contribution >= 0.6 is 0 Å². The van der Waals surface area contributed by atoms with Crippen molar-refractivity contribution in [3.63, 3.8) is 0 Å². The van der Waals surface area contributed by atoms with Gasteiger partial charge in [-0.25, -0.2) is 4.98 Å². The van der Waals surface area contributed by atoms with Crippen LogP contribution in [0.15, 0.2) is 79.1 Å². The molecule has 5 heterocycles. The molecule has 2 aromatic heterocycles. The number of pyridine rings is 1. The van der Waals surface area contributed by atoms with Gasteiger partial charge in [-0.2, -0.15) is 13.2 Å². The summed E-state index contributed by atoms with van der Waals surface area (Å²) in [5, 5.41) is 16.2. The van der Waals surface area contributed by atoms with Gasteiger partial charge in [-0.1, -0.05) is 29.8 Å². The summed E-state index contributed by atoms with van der Waals surface area (Å²) in [4.78, 5) is 84.1. The number of halogens is 3. The number of amides is 6. The molecule has 2 saturated heterocycles. The fourth-order valence-electron chi connectivity index (χ4n) is 8.16. The lowest BCUT2D eigenvalue weighted by Gasteiger charge is -2.30. The maximum Gasteiger partial charge on any atom is 0.416 e. The van der Waals surface area contributed by atoms with Gasteiger partial charge in [-0.15, -0.1) is 5.10 Å². The van der Waals surface area contributed by atoms with Crippen LogP contribution in [0.2, 0.25) is 0 Å². The van der Waals surface area contributed by atoms with Crippen molar-refractivity contribution in [1.29, 1.82) is 0 Å². The highest BCUT2D eigenvalue weighted by Gasteiger charge is 2.45. The highest BCUT2D eigenvalue weighted by Crippen LogP contribution is 2.36. The van der Waals surface area contributed by atoms with Gasteiger partial charge in [0.25, 0.3) is 17.7 Å². The molecule has 3 aliphatic rings. The van der Waals surface area contributed by atoms with Gasteiger partial charge in [-0.05, 0) is 85.8 Å². The fraction of sp³-hybridized carbons (Fsp3) is 0.340. The molecule has 8 rings (SSSR count). The zero-order valence-corrected chi connectivity index (χ0v) is 36.4. The number of carbonyl (C=O) groups is 6. The van der Waals surface area contributed by atoms with Crippen LogP contribution in [0.25, 0.3) is 11.1 Å². The first-order valence-electron chi connectivity index (χ1n) is 21.8. The maximum absolute atomic E-state index is 13.4. The summed E-state index contributed by atoms with van der Waals surface area (Å²) >= 11 is 0. The van der Waals surface area contributed by atoms with Gasteiger partial charge >= 0.3 is 6.18 Å². The van der Waals surface area contributed by atoms with Crippen LogP contribution in [0.4, 0.5) is 30.2 Å². The zero-order chi connectivity index (χ0) is 47.2. The molecule has 1 atom stereocenters. The van der Waals surface area contributed by atoms with E-state index in [0.717, 1.165) is 39.4 Å². The SMILES string of the molecule is Cc1ccc(NC(=O)c2cccc(C(F)(F)F)c2)cc1-c1cnc(OCCc2cn(CCCCCC(=O)Nc3cccc4c3C(=O)N(C3CCC(=O)NC3=O)C4=O)nn2)c(N2CCOCC2)c1. The summed E-state index contributed by atoms with van der Waals surface area (Å²) < 4.78 is 53.4. The van der Waals surface area contributed by atoms with E-state index < -0.39 is 47.3 Å². The second-order valence-corrected chi connectivity index (χ2v) is 16.3. The number of hydrogen-bond acceptors (Lipinski definition) is 12. The van der Waals surface area contributed by atoms with Gasteiger partial charge in [0, 0.05) is 68.1 Å². The van der Waals surface area contributed by atoms with Gasteiger partial charge in [0.15, 0.2) is 0 Å². The molecule has 348 valence electrons. The third-order valence-electron chi connectivity index (χ3n) is 11.7. The van der Waals surface area contributed by atoms with Crippen LogP contribution in [0.3, 0.4) is 0 Å². The van der Waals surface area contributed by atoms with E-state index in [1.165, 1.54) is 24.3 Å². The van der Waals surface area contributed by atoms with E-state index in [0.29, 0.717) is 75.8 Å². The van der Waals surface area contributed by atoms with Crippen molar-refractivity contribution in [2.75, 3.05) is 48.4 Å². The number of nitrogens with one attached hydrogen (secondary N) is 3. The molecule has 0 saturated carbocycles. The molecule has 0 spiro atoms. The minimum Gasteiger partial charge on any atom is -0.476 e. The van der Waals surface area contributed by atoms with Crippen molar-refractivity contribution in [2.24, 2.45) is 0 Å². The smallest absolute Gasteiger partial charge is 0.416 e. The molecule has 5 aromatic rings. The number of rotatable bonds is 16. The van der Waals surface area contributed by atoms with Gasteiger partial charge in [0.2, 0.25) is 23.6 Å². The summed E-state index contributed by atoms with van der Waals surface area (Å²) in [6.45, 7) is 4.99. The minimum atomic E-state index is -4.58. The quantitative estimate of drug-likeness (QED) is 0.0773. The highest BCUT2D eigenvalue weighted by molar-refractivity contribution is 6.26. The largest absolute Gasteiger partial charge is 0.476 e. The third-order valence-corrected chi connectivity index (χ3v) is 11.7. The van der Waals surface area contributed by atoms with Crippen molar-refractivity contribution >= 4 is 52.5 Å². The lowest BCUT2D eigenvalue weighted by atomic mass is 10.0. The number of aryl methyl sites for hydroxylation is 2. The predicted molar refractivity (Wildman–Crippen MR) is 236 cm³/mol. The summed E-state index contributed by atoms with van der Waals surface area (Å²) in [5.41, 5.74) is 3.53. The molecule has 3 aliphatic heterocycles. The van der Waals surface area contributed by atoms with Gasteiger partial charge in [-0.3, -0.25) is 43.7 Å². The fourth-order valence-corrected chi connectivity index (χ4v) is 8.16. The highest BCUT2D eigenvalue weighted by atomic mass is 19.4. The Kier molecular flexibility index (Phi) is 13.7. The lowest BCUT2D eigenvalue weighted by molar-refractivity contribution is -0.138. The molecule has 17 nitrogen and oxygen atoms in total. The van der Waals surface area contributed by atoms with E-state index in [2.05, 4.69) is 31.2 Å². The summed E-state index contributed by atoms with van der Waals surface area (Å²) in [5.74, 6) is -3.11. The Morgan fingerprint density at radius 3 is 2.52 bits per heavy atom. The Bertz CT molecular complexity index is 2740. The van der Waals surface area contributed by atoms with E-state index >= 15 is 0 Å². The third kappa shape index (κ3) is 10.6. The Labute approximate surface area is 382 Å². The molecular weight excluding hydrogens is 876 g/mol. The van der Waals surface area contributed by atoms with Crippen LogP contribution in [-0.2, 0) is 38.3 Å². The molecule has 20 heteroatoms. The standard InChI is InChI=1S/C47H46F3N9O8/c1-28-12-13-32(52-42(62)29-7-5-8-31(23-29)47(48,49)50)25-35(28)30-24-38(57-18-21-66-22-19-57)44(51-26-30)67-20-16-33-27-58(56-55-33)17-4-2-3-11-39(60)53-36-10-6-9-34-41(36)46(65)59(45(34)64)37-14-15-40(61)54-43(37)63/h5-10,12-13,23-27,37H,2-4,11,14-22H2,1H3,(H,52,62)(H,53,60)(H,54,61,63). The number of morpholine rings is 1. The van der Waals surface area contributed by atoms with E-state index in [4.69, 9.17) is 14.5 Å². The van der Waals surface area contributed by atoms with Crippen molar-refractivity contribution in [1.82, 2.24) is 30.2 Å². The monoisotopic (exact) mass is 921 g/mol. The van der Waals surface area contributed by atoms with E-state index in [1.807, 2.05) is 25.3 Å². The summed E-state index contributed by atoms with van der Waals surface area (Å²) in [7, 11) is 0. The van der Waals surface area contributed by atoms with E-state index in [-0.39, 0.29) is 54.2 Å². The second kappa shape index (κ2) is 19.9. The van der Waals surface area contributed by atoms with Crippen molar-refractivity contribution in [3.8, 4) is 17.0 Å². The Balaban J connectivity index is 0.821. The summed E-state index contributed by atoms with van der Waals surface area (Å²) in [6, 6.07) is 14.9.